The third kappa shape index (κ3) is 6.01. The molecule has 1 aromatic heterocycles. The van der Waals surface area contributed by atoms with Gasteiger partial charge < -0.3 is 16.4 Å². The molecule has 0 aliphatic heterocycles. The molecular weight excluding hydrogens is 329 g/mol. The van der Waals surface area contributed by atoms with Gasteiger partial charge >= 0.3 is 0 Å². The van der Waals surface area contributed by atoms with E-state index in [-0.39, 0.29) is 11.2 Å². The number of halogens is 1. The number of hydrogen-bond donors (Lipinski definition) is 3. The molecule has 2 rings (SSSR count). The van der Waals surface area contributed by atoms with Gasteiger partial charge in [0.25, 0.3) is 0 Å². The molecule has 1 heterocycles. The van der Waals surface area contributed by atoms with E-state index in [1.807, 2.05) is 0 Å². The molecule has 0 atom stereocenters. The third-order valence-electron chi connectivity index (χ3n) is 3.72. The molecule has 0 radical (unpaired) electrons. The number of hydrogen-bond acceptors (Lipinski definition) is 5. The zero-order valence-electron chi connectivity index (χ0n) is 15.6. The second kappa shape index (κ2) is 9.16. The fourth-order valence-corrected chi connectivity index (χ4v) is 2.27. The van der Waals surface area contributed by atoms with Gasteiger partial charge in [0.05, 0.1) is 11.8 Å². The predicted molar refractivity (Wildman–Crippen MR) is 105 cm³/mol. The average molecular weight is 355 g/mol. The number of rotatable bonds is 7. The molecule has 0 bridgehead atoms. The van der Waals surface area contributed by atoms with Crippen molar-refractivity contribution in [2.45, 2.75) is 33.6 Å². The molecule has 0 aliphatic carbocycles. The Kier molecular flexibility index (Phi) is 6.93. The van der Waals surface area contributed by atoms with Crippen LogP contribution in [0.5, 0.6) is 0 Å². The molecule has 0 fully saturated rings. The molecule has 0 amide bonds. The highest BCUT2D eigenvalue weighted by Crippen LogP contribution is 2.20. The van der Waals surface area contributed by atoms with Crippen LogP contribution < -0.4 is 16.4 Å². The normalized spacial score (nSPS) is 10.8. The van der Waals surface area contributed by atoms with E-state index in [1.165, 1.54) is 12.1 Å². The van der Waals surface area contributed by atoms with E-state index >= 15 is 0 Å². The number of nitrogens with two attached hydrogens (primary N) is 1. The zero-order chi connectivity index (χ0) is 19.0. The number of aromatic nitrogens is 2. The second-order valence-electron chi connectivity index (χ2n) is 6.69. The smallest absolute Gasteiger partial charge is 0.229 e. The summed E-state index contributed by atoms with van der Waals surface area (Å²) in [7, 11) is 0. The van der Waals surface area contributed by atoms with E-state index in [4.69, 9.17) is 5.73 Å². The maximum atomic E-state index is 13.3. The van der Waals surface area contributed by atoms with Crippen LogP contribution in [-0.4, -0.2) is 23.1 Å². The van der Waals surface area contributed by atoms with Gasteiger partial charge in [-0.2, -0.15) is 4.98 Å². The van der Waals surface area contributed by atoms with Crippen LogP contribution in [0.2, 0.25) is 0 Å². The lowest BCUT2D eigenvalue weighted by atomic mass is 9.90. The summed E-state index contributed by atoms with van der Waals surface area (Å²) < 4.78 is 13.3. The van der Waals surface area contributed by atoms with Crippen LogP contribution in [-0.2, 0) is 0 Å². The Morgan fingerprint density at radius 1 is 1.31 bits per heavy atom. The highest BCUT2D eigenvalue weighted by molar-refractivity contribution is 5.59. The number of nitrogens with one attached hydrogen (secondary N) is 2. The minimum absolute atomic E-state index is 0.171. The van der Waals surface area contributed by atoms with Crippen molar-refractivity contribution in [1.82, 2.24) is 9.97 Å². The van der Waals surface area contributed by atoms with Gasteiger partial charge in [-0.3, -0.25) is 0 Å². The summed E-state index contributed by atoms with van der Waals surface area (Å²) in [6.45, 7) is 7.57. The van der Waals surface area contributed by atoms with Gasteiger partial charge in [0.15, 0.2) is 0 Å². The van der Waals surface area contributed by atoms with Crippen molar-refractivity contribution in [3.05, 3.63) is 41.8 Å². The molecule has 1 aromatic carbocycles. The minimum Gasteiger partial charge on any atom is -0.369 e. The van der Waals surface area contributed by atoms with Crippen LogP contribution >= 0.6 is 0 Å². The summed E-state index contributed by atoms with van der Waals surface area (Å²) in [6.07, 6.45) is 3.46. The Balaban J connectivity index is 2.27. The van der Waals surface area contributed by atoms with Crippen LogP contribution in [0.1, 0.15) is 39.2 Å². The van der Waals surface area contributed by atoms with Crippen molar-refractivity contribution in [2.75, 3.05) is 23.7 Å². The number of anilines is 3. The topological polar surface area (TPSA) is 75.9 Å². The fraction of sp³-hybridized carbons (Fsp3) is 0.400. The first-order valence-electron chi connectivity index (χ1n) is 8.80. The van der Waals surface area contributed by atoms with E-state index in [2.05, 4.69) is 53.2 Å². The lowest BCUT2D eigenvalue weighted by molar-refractivity contribution is 0.466. The summed E-state index contributed by atoms with van der Waals surface area (Å²) in [6, 6.07) is 6.18. The third-order valence-corrected chi connectivity index (χ3v) is 3.72. The highest BCUT2D eigenvalue weighted by atomic mass is 19.1. The van der Waals surface area contributed by atoms with Crippen molar-refractivity contribution >= 4 is 17.5 Å². The van der Waals surface area contributed by atoms with Crippen molar-refractivity contribution in [1.29, 1.82) is 0 Å². The van der Waals surface area contributed by atoms with Gasteiger partial charge in [0.1, 0.15) is 11.6 Å². The standard InChI is InChI=1S/C20H26FN5/c1-4-12-23-18-15(8-9-20(2,3)10-11-22)14-24-19(26-18)25-17-7-5-6-16(21)13-17/h5-7,13-14H,4,10-12,22H2,1-3H3,(H2,23,24,25,26). The van der Waals surface area contributed by atoms with Gasteiger partial charge in [-0.15, -0.1) is 0 Å². The van der Waals surface area contributed by atoms with Gasteiger partial charge in [0.2, 0.25) is 5.95 Å². The zero-order valence-corrected chi connectivity index (χ0v) is 15.6. The van der Waals surface area contributed by atoms with Gasteiger partial charge in [-0.05, 0) is 51.4 Å². The van der Waals surface area contributed by atoms with Crippen LogP contribution in [0.15, 0.2) is 30.5 Å². The SMILES string of the molecule is CCCNc1nc(Nc2cccc(F)c2)ncc1C#CC(C)(C)CCN. The quantitative estimate of drug-likeness (QED) is 0.657. The summed E-state index contributed by atoms with van der Waals surface area (Å²) in [5.74, 6) is 7.15. The van der Waals surface area contributed by atoms with Crippen LogP contribution in [0.4, 0.5) is 21.8 Å². The van der Waals surface area contributed by atoms with Crippen molar-refractivity contribution in [3.63, 3.8) is 0 Å². The van der Waals surface area contributed by atoms with Gasteiger partial charge in [-0.1, -0.05) is 24.8 Å². The number of nitrogens with zero attached hydrogens (tertiary/aromatic N) is 2. The molecule has 0 unspecified atom stereocenters. The Bertz CT molecular complexity index is 792. The molecule has 4 N–H and O–H groups in total. The fourth-order valence-electron chi connectivity index (χ4n) is 2.27. The molecule has 6 heteroatoms. The van der Waals surface area contributed by atoms with Crippen LogP contribution in [0.3, 0.4) is 0 Å². The summed E-state index contributed by atoms with van der Waals surface area (Å²) in [5, 5.41) is 6.29. The summed E-state index contributed by atoms with van der Waals surface area (Å²) in [5.41, 5.74) is 6.79. The van der Waals surface area contributed by atoms with E-state index in [9.17, 15) is 4.39 Å². The Morgan fingerprint density at radius 3 is 2.81 bits per heavy atom. The molecule has 0 saturated carbocycles. The summed E-state index contributed by atoms with van der Waals surface area (Å²) >= 11 is 0. The predicted octanol–water partition coefficient (Wildman–Crippen LogP) is 3.91. The Morgan fingerprint density at radius 2 is 2.12 bits per heavy atom. The maximum absolute atomic E-state index is 13.3. The molecule has 138 valence electrons. The first kappa shape index (κ1) is 19.7. The minimum atomic E-state index is -0.316. The number of benzene rings is 1. The molecule has 0 saturated heterocycles. The maximum Gasteiger partial charge on any atom is 0.229 e. The molecule has 5 nitrogen and oxygen atoms in total. The molecule has 0 aliphatic rings. The lowest BCUT2D eigenvalue weighted by Crippen LogP contribution is -2.15. The summed E-state index contributed by atoms with van der Waals surface area (Å²) in [4.78, 5) is 8.81. The largest absolute Gasteiger partial charge is 0.369 e. The van der Waals surface area contributed by atoms with Crippen molar-refractivity contribution < 1.29 is 4.39 Å². The van der Waals surface area contributed by atoms with Gasteiger partial charge in [0, 0.05) is 17.6 Å². The molecule has 0 spiro atoms. The van der Waals surface area contributed by atoms with E-state index < -0.39 is 0 Å². The monoisotopic (exact) mass is 355 g/mol. The van der Waals surface area contributed by atoms with E-state index in [0.29, 0.717) is 24.0 Å². The van der Waals surface area contributed by atoms with E-state index in [1.54, 1.807) is 18.3 Å². The van der Waals surface area contributed by atoms with Gasteiger partial charge in [-0.25, -0.2) is 9.37 Å². The second-order valence-corrected chi connectivity index (χ2v) is 6.69. The average Bonchev–Trinajstić information content (AvgIpc) is 2.59. The van der Waals surface area contributed by atoms with Crippen LogP contribution in [0, 0.1) is 23.1 Å². The van der Waals surface area contributed by atoms with E-state index in [0.717, 1.165) is 24.9 Å². The highest BCUT2D eigenvalue weighted by Gasteiger charge is 2.13. The molecule has 2 aromatic rings. The molecular formula is C20H26FN5. The van der Waals surface area contributed by atoms with Crippen LogP contribution in [0.25, 0.3) is 0 Å². The Labute approximate surface area is 154 Å². The van der Waals surface area contributed by atoms with Crippen molar-refractivity contribution in [3.8, 4) is 11.8 Å². The van der Waals surface area contributed by atoms with Crippen molar-refractivity contribution in [2.24, 2.45) is 11.1 Å². The Hall–Kier alpha value is -2.65. The lowest BCUT2D eigenvalue weighted by Gasteiger charge is -2.15. The first-order chi connectivity index (χ1) is 12.4. The first-order valence-corrected chi connectivity index (χ1v) is 8.80. The molecule has 26 heavy (non-hydrogen) atoms.